The number of allylic oxidation sites excluding steroid dienone is 2. The third-order valence-corrected chi connectivity index (χ3v) is 6.81. The van der Waals surface area contributed by atoms with Gasteiger partial charge < -0.3 is 0 Å². The molecule has 146 valence electrons. The Morgan fingerprint density at radius 2 is 2.00 bits per heavy atom. The van der Waals surface area contributed by atoms with Crippen molar-refractivity contribution in [3.05, 3.63) is 68.7 Å². The molecule has 0 spiro atoms. The van der Waals surface area contributed by atoms with Crippen LogP contribution in [0, 0.1) is 26.7 Å². The van der Waals surface area contributed by atoms with E-state index in [9.17, 15) is 0 Å². The van der Waals surface area contributed by atoms with Crippen molar-refractivity contribution >= 4 is 34.3 Å². The van der Waals surface area contributed by atoms with Crippen molar-refractivity contribution in [2.24, 2.45) is 10.9 Å². The molecule has 3 nitrogen and oxygen atoms in total. The normalized spacial score (nSPS) is 20.1. The van der Waals surface area contributed by atoms with Gasteiger partial charge in [-0.05, 0) is 80.5 Å². The van der Waals surface area contributed by atoms with Crippen LogP contribution in [0.5, 0.6) is 0 Å². The van der Waals surface area contributed by atoms with Crippen LogP contribution in [-0.2, 0) is 0 Å². The molecular formula is C23H27N3S2. The number of rotatable bonds is 3. The highest BCUT2D eigenvalue weighted by Crippen LogP contribution is 2.42. The van der Waals surface area contributed by atoms with Crippen molar-refractivity contribution in [1.82, 2.24) is 9.97 Å². The Morgan fingerprint density at radius 1 is 1.21 bits per heavy atom. The minimum absolute atomic E-state index is 0.410. The summed E-state index contributed by atoms with van der Waals surface area (Å²) in [5, 5.41) is 4.06. The summed E-state index contributed by atoms with van der Waals surface area (Å²) in [6.07, 6.45) is 2.87. The largest absolute Gasteiger partial charge is 0.241 e. The number of aromatic nitrogens is 2. The van der Waals surface area contributed by atoms with E-state index in [-0.39, 0.29) is 0 Å². The van der Waals surface area contributed by atoms with Crippen molar-refractivity contribution in [2.75, 3.05) is 0 Å². The Hall–Kier alpha value is -1.85. The lowest BCUT2D eigenvalue weighted by Crippen LogP contribution is -2.15. The molecule has 1 aromatic heterocycles. The minimum atomic E-state index is 0.410. The van der Waals surface area contributed by atoms with Gasteiger partial charge in [0.1, 0.15) is 5.04 Å². The molecule has 0 radical (unpaired) electrons. The Bertz CT molecular complexity index is 970. The zero-order chi connectivity index (χ0) is 20.3. The summed E-state index contributed by atoms with van der Waals surface area (Å²) >= 11 is 3.39. The van der Waals surface area contributed by atoms with Crippen LogP contribution >= 0.6 is 23.5 Å². The Kier molecular flexibility index (Phi) is 6.78. The molecule has 1 aliphatic heterocycles. The molecule has 1 aromatic carbocycles. The van der Waals surface area contributed by atoms with Crippen LogP contribution in [0.4, 0.5) is 5.69 Å². The molecule has 5 heteroatoms. The smallest absolute Gasteiger partial charge is 0.192 e. The molecule has 0 amide bonds. The van der Waals surface area contributed by atoms with E-state index in [0.717, 1.165) is 28.0 Å². The van der Waals surface area contributed by atoms with Gasteiger partial charge in [-0.1, -0.05) is 53.7 Å². The molecule has 0 aliphatic carbocycles. The minimum Gasteiger partial charge on any atom is -0.241 e. The predicted octanol–water partition coefficient (Wildman–Crippen LogP) is 7.17. The SMILES string of the molecule is CC(C)=C1CC(C)C(=C\Sc2nccc(C)n2)/C(=N/c2ccc(C)cc2C)S1. The number of hydrogen-bond acceptors (Lipinski definition) is 5. The Balaban J connectivity index is 2.00. The van der Waals surface area contributed by atoms with Crippen LogP contribution in [-0.4, -0.2) is 15.0 Å². The number of benzene rings is 1. The quantitative estimate of drug-likeness (QED) is 0.398. The maximum absolute atomic E-state index is 5.08. The lowest BCUT2D eigenvalue weighted by atomic mass is 9.97. The second-order valence-corrected chi connectivity index (χ2v) is 9.43. The summed E-state index contributed by atoms with van der Waals surface area (Å²) in [6.45, 7) is 12.9. The molecule has 2 aromatic rings. The van der Waals surface area contributed by atoms with Gasteiger partial charge in [0.2, 0.25) is 0 Å². The van der Waals surface area contributed by atoms with Gasteiger partial charge in [-0.2, -0.15) is 0 Å². The summed E-state index contributed by atoms with van der Waals surface area (Å²) in [4.78, 5) is 15.4. The average Bonchev–Trinajstić information content (AvgIpc) is 2.63. The highest BCUT2D eigenvalue weighted by molar-refractivity contribution is 8.17. The fourth-order valence-corrected chi connectivity index (χ4v) is 5.28. The van der Waals surface area contributed by atoms with Gasteiger partial charge >= 0.3 is 0 Å². The first-order valence-electron chi connectivity index (χ1n) is 9.50. The van der Waals surface area contributed by atoms with E-state index < -0.39 is 0 Å². The fraction of sp³-hybridized carbons (Fsp3) is 0.348. The third-order valence-electron chi connectivity index (χ3n) is 4.69. The van der Waals surface area contributed by atoms with E-state index in [1.54, 1.807) is 23.5 Å². The number of thioether (sulfide) groups is 2. The predicted molar refractivity (Wildman–Crippen MR) is 123 cm³/mol. The summed E-state index contributed by atoms with van der Waals surface area (Å²) < 4.78 is 0. The molecule has 0 saturated carbocycles. The van der Waals surface area contributed by atoms with Crippen molar-refractivity contribution in [2.45, 2.75) is 53.1 Å². The zero-order valence-electron chi connectivity index (χ0n) is 17.4. The van der Waals surface area contributed by atoms with Gasteiger partial charge in [0.25, 0.3) is 0 Å². The molecule has 28 heavy (non-hydrogen) atoms. The first-order valence-corrected chi connectivity index (χ1v) is 11.2. The lowest BCUT2D eigenvalue weighted by Gasteiger charge is -2.26. The van der Waals surface area contributed by atoms with Crippen LogP contribution in [0.15, 0.2) is 62.1 Å². The Morgan fingerprint density at radius 3 is 2.68 bits per heavy atom. The van der Waals surface area contributed by atoms with Gasteiger partial charge in [-0.3, -0.25) is 0 Å². The maximum atomic E-state index is 5.08. The van der Waals surface area contributed by atoms with Crippen LogP contribution < -0.4 is 0 Å². The molecule has 3 rings (SSSR count). The number of nitrogens with zero attached hydrogens (tertiary/aromatic N) is 3. The first-order chi connectivity index (χ1) is 13.3. The number of aliphatic imine (C=N–C) groups is 1. The summed E-state index contributed by atoms with van der Waals surface area (Å²) in [5.41, 5.74) is 7.14. The second kappa shape index (κ2) is 9.10. The standard InChI is InChI=1S/C23H27N3S2/c1-14(2)21-12-16(4)19(13-27-23-24-10-9-18(6)25-23)22(28-21)26-20-8-7-15(3)11-17(20)5/h7-11,13,16H,12H2,1-6H3/b19-13+,26-22-. The molecule has 1 aliphatic rings. The lowest BCUT2D eigenvalue weighted by molar-refractivity contribution is 0.710. The van der Waals surface area contributed by atoms with Gasteiger partial charge in [-0.25, -0.2) is 15.0 Å². The van der Waals surface area contributed by atoms with Gasteiger partial charge in [0, 0.05) is 11.9 Å². The van der Waals surface area contributed by atoms with Crippen molar-refractivity contribution in [3.63, 3.8) is 0 Å². The molecule has 1 saturated heterocycles. The van der Waals surface area contributed by atoms with Gasteiger partial charge in [-0.15, -0.1) is 0 Å². The second-order valence-electron chi connectivity index (χ2n) is 7.51. The van der Waals surface area contributed by atoms with E-state index >= 15 is 0 Å². The highest BCUT2D eigenvalue weighted by Gasteiger charge is 2.26. The molecule has 1 atom stereocenters. The van der Waals surface area contributed by atoms with Crippen molar-refractivity contribution < 1.29 is 0 Å². The highest BCUT2D eigenvalue weighted by atomic mass is 32.2. The molecule has 2 heterocycles. The van der Waals surface area contributed by atoms with E-state index in [4.69, 9.17) is 4.99 Å². The zero-order valence-corrected chi connectivity index (χ0v) is 19.0. The molecule has 1 unspecified atom stereocenters. The molecule has 1 fully saturated rings. The van der Waals surface area contributed by atoms with Gasteiger partial charge in [0.05, 0.1) is 5.69 Å². The van der Waals surface area contributed by atoms with E-state index in [0.29, 0.717) is 5.92 Å². The van der Waals surface area contributed by atoms with Crippen LogP contribution in [0.2, 0.25) is 0 Å². The summed E-state index contributed by atoms with van der Waals surface area (Å²) in [5.74, 6) is 0.410. The first kappa shape index (κ1) is 20.9. The van der Waals surface area contributed by atoms with Crippen molar-refractivity contribution in [3.8, 4) is 0 Å². The molecule has 0 bridgehead atoms. The van der Waals surface area contributed by atoms with E-state index in [1.807, 2.05) is 19.2 Å². The fourth-order valence-electron chi connectivity index (χ4n) is 3.02. The topological polar surface area (TPSA) is 38.1 Å². The van der Waals surface area contributed by atoms with Crippen LogP contribution in [0.1, 0.15) is 44.0 Å². The summed E-state index contributed by atoms with van der Waals surface area (Å²) in [7, 11) is 0. The monoisotopic (exact) mass is 409 g/mol. The molecular weight excluding hydrogens is 382 g/mol. The Labute approximate surface area is 176 Å². The van der Waals surface area contributed by atoms with Crippen molar-refractivity contribution in [1.29, 1.82) is 0 Å². The molecule has 0 N–H and O–H groups in total. The van der Waals surface area contributed by atoms with E-state index in [2.05, 4.69) is 68.2 Å². The van der Waals surface area contributed by atoms with Crippen LogP contribution in [0.25, 0.3) is 0 Å². The average molecular weight is 410 g/mol. The van der Waals surface area contributed by atoms with E-state index in [1.165, 1.54) is 27.2 Å². The maximum Gasteiger partial charge on any atom is 0.192 e. The summed E-state index contributed by atoms with van der Waals surface area (Å²) in [6, 6.07) is 8.36. The van der Waals surface area contributed by atoms with Crippen LogP contribution in [0.3, 0.4) is 0 Å². The number of aryl methyl sites for hydroxylation is 3. The number of hydrogen-bond donors (Lipinski definition) is 0. The van der Waals surface area contributed by atoms with Gasteiger partial charge in [0.15, 0.2) is 5.16 Å². The third kappa shape index (κ3) is 5.15.